The van der Waals surface area contributed by atoms with Gasteiger partial charge in [0, 0.05) is 12.1 Å². The Morgan fingerprint density at radius 3 is 2.89 bits per heavy atom. The van der Waals surface area contributed by atoms with Crippen LogP contribution in [0.4, 0.5) is 4.39 Å². The van der Waals surface area contributed by atoms with Crippen molar-refractivity contribution in [3.63, 3.8) is 0 Å². The van der Waals surface area contributed by atoms with Crippen molar-refractivity contribution >= 4 is 0 Å². The van der Waals surface area contributed by atoms with Gasteiger partial charge in [-0.2, -0.15) is 0 Å². The molecular formula is C15H23FN2O. The van der Waals surface area contributed by atoms with Gasteiger partial charge in [0.15, 0.2) is 11.6 Å². The van der Waals surface area contributed by atoms with Crippen molar-refractivity contribution in [1.82, 2.24) is 10.6 Å². The fourth-order valence-electron chi connectivity index (χ4n) is 2.75. The van der Waals surface area contributed by atoms with Gasteiger partial charge in [-0.25, -0.2) is 4.39 Å². The normalized spacial score (nSPS) is 21.1. The highest BCUT2D eigenvalue weighted by Gasteiger charge is 2.24. The van der Waals surface area contributed by atoms with Crippen molar-refractivity contribution in [1.29, 1.82) is 0 Å². The minimum absolute atomic E-state index is 0.144. The fourth-order valence-corrected chi connectivity index (χ4v) is 2.75. The van der Waals surface area contributed by atoms with Gasteiger partial charge in [0.05, 0.1) is 6.61 Å². The van der Waals surface area contributed by atoms with Crippen LogP contribution in [0.15, 0.2) is 18.2 Å². The lowest BCUT2D eigenvalue weighted by atomic mass is 9.92. The predicted molar refractivity (Wildman–Crippen MR) is 75.0 cm³/mol. The first-order chi connectivity index (χ1) is 9.26. The molecule has 1 aliphatic heterocycles. The van der Waals surface area contributed by atoms with Crippen molar-refractivity contribution in [2.75, 3.05) is 20.2 Å². The molecule has 1 aromatic carbocycles. The highest BCUT2D eigenvalue weighted by atomic mass is 19.1. The van der Waals surface area contributed by atoms with Crippen LogP contribution in [-0.4, -0.2) is 26.2 Å². The second kappa shape index (κ2) is 6.87. The Balaban J connectivity index is 2.15. The third kappa shape index (κ3) is 3.45. The van der Waals surface area contributed by atoms with E-state index in [4.69, 9.17) is 4.74 Å². The molecule has 3 nitrogen and oxygen atoms in total. The van der Waals surface area contributed by atoms with Crippen LogP contribution in [0.25, 0.3) is 0 Å². The molecule has 19 heavy (non-hydrogen) atoms. The summed E-state index contributed by atoms with van der Waals surface area (Å²) in [5.41, 5.74) is 0.975. The Bertz CT molecular complexity index is 405. The second-order valence-corrected chi connectivity index (χ2v) is 4.95. The summed E-state index contributed by atoms with van der Waals surface area (Å²) in [5, 5.41) is 6.81. The van der Waals surface area contributed by atoms with E-state index in [0.717, 1.165) is 18.5 Å². The molecule has 2 atom stereocenters. The molecule has 0 aliphatic carbocycles. The van der Waals surface area contributed by atoms with Gasteiger partial charge in [-0.1, -0.05) is 12.5 Å². The summed E-state index contributed by atoms with van der Waals surface area (Å²) in [5.74, 6) is 0.0492. The molecule has 0 radical (unpaired) electrons. The standard InChI is InChI=1S/C15H23FN2O/c1-3-19-14-8-7-11(10-12(14)16)15(17-2)13-6-4-5-9-18-13/h7-8,10,13,15,17-18H,3-6,9H2,1-2H3. The number of piperidine rings is 1. The number of ether oxygens (including phenoxy) is 1. The molecule has 0 amide bonds. The molecule has 0 spiro atoms. The first-order valence-electron chi connectivity index (χ1n) is 7.09. The summed E-state index contributed by atoms with van der Waals surface area (Å²) in [7, 11) is 1.93. The summed E-state index contributed by atoms with van der Waals surface area (Å²) in [6.07, 6.45) is 3.58. The maximum absolute atomic E-state index is 13.9. The molecule has 1 fully saturated rings. The molecule has 1 heterocycles. The third-order valence-electron chi connectivity index (χ3n) is 3.68. The zero-order valence-corrected chi connectivity index (χ0v) is 11.7. The van der Waals surface area contributed by atoms with Gasteiger partial charge in [0.2, 0.25) is 0 Å². The average Bonchev–Trinajstić information content (AvgIpc) is 2.44. The number of rotatable bonds is 5. The van der Waals surface area contributed by atoms with Crippen LogP contribution in [0.3, 0.4) is 0 Å². The number of halogens is 1. The van der Waals surface area contributed by atoms with Gasteiger partial charge < -0.3 is 15.4 Å². The van der Waals surface area contributed by atoms with Gasteiger partial charge in [-0.15, -0.1) is 0 Å². The fraction of sp³-hybridized carbons (Fsp3) is 0.600. The van der Waals surface area contributed by atoms with Crippen LogP contribution in [-0.2, 0) is 0 Å². The minimum Gasteiger partial charge on any atom is -0.491 e. The van der Waals surface area contributed by atoms with Crippen LogP contribution in [0, 0.1) is 5.82 Å². The van der Waals surface area contributed by atoms with Crippen molar-refractivity contribution in [2.45, 2.75) is 38.3 Å². The first kappa shape index (κ1) is 14.3. The molecule has 4 heteroatoms. The van der Waals surface area contributed by atoms with Gasteiger partial charge in [-0.05, 0) is 51.1 Å². The van der Waals surface area contributed by atoms with Crippen LogP contribution in [0.1, 0.15) is 37.8 Å². The van der Waals surface area contributed by atoms with Crippen molar-refractivity contribution in [3.8, 4) is 5.75 Å². The lowest BCUT2D eigenvalue weighted by Gasteiger charge is -2.31. The van der Waals surface area contributed by atoms with Crippen molar-refractivity contribution < 1.29 is 9.13 Å². The quantitative estimate of drug-likeness (QED) is 0.859. The van der Waals surface area contributed by atoms with Crippen LogP contribution >= 0.6 is 0 Å². The van der Waals surface area contributed by atoms with Gasteiger partial charge in [0.1, 0.15) is 0 Å². The van der Waals surface area contributed by atoms with Crippen LogP contribution in [0.5, 0.6) is 5.75 Å². The Morgan fingerprint density at radius 1 is 1.47 bits per heavy atom. The number of likely N-dealkylation sites (N-methyl/N-ethyl adjacent to an activating group) is 1. The lowest BCUT2D eigenvalue weighted by molar-refractivity contribution is 0.315. The van der Waals surface area contributed by atoms with Gasteiger partial charge in [0.25, 0.3) is 0 Å². The summed E-state index contributed by atoms with van der Waals surface area (Å²) in [6.45, 7) is 3.38. The van der Waals surface area contributed by atoms with Crippen molar-refractivity contribution in [2.24, 2.45) is 0 Å². The summed E-state index contributed by atoms with van der Waals surface area (Å²) in [4.78, 5) is 0. The number of hydrogen-bond donors (Lipinski definition) is 2. The number of nitrogens with one attached hydrogen (secondary N) is 2. The smallest absolute Gasteiger partial charge is 0.165 e. The topological polar surface area (TPSA) is 33.3 Å². The average molecular weight is 266 g/mol. The molecular weight excluding hydrogens is 243 g/mol. The second-order valence-electron chi connectivity index (χ2n) is 4.95. The van der Waals surface area contributed by atoms with E-state index >= 15 is 0 Å². The SMILES string of the molecule is CCOc1ccc(C(NC)C2CCCCN2)cc1F. The van der Waals surface area contributed by atoms with Crippen LogP contribution in [0.2, 0.25) is 0 Å². The molecule has 2 N–H and O–H groups in total. The molecule has 1 aromatic rings. The highest BCUT2D eigenvalue weighted by molar-refractivity contribution is 5.32. The van der Waals surface area contributed by atoms with E-state index in [0.29, 0.717) is 18.4 Å². The summed E-state index contributed by atoms with van der Waals surface area (Å²) < 4.78 is 19.2. The monoisotopic (exact) mass is 266 g/mol. The largest absolute Gasteiger partial charge is 0.491 e. The Hall–Kier alpha value is -1.13. The van der Waals surface area contributed by atoms with Gasteiger partial charge >= 0.3 is 0 Å². The first-order valence-corrected chi connectivity index (χ1v) is 7.09. The molecule has 2 unspecified atom stereocenters. The molecule has 1 saturated heterocycles. The zero-order valence-electron chi connectivity index (χ0n) is 11.7. The van der Waals surface area contributed by atoms with E-state index in [1.165, 1.54) is 12.8 Å². The molecule has 2 rings (SSSR count). The van der Waals surface area contributed by atoms with E-state index in [1.807, 2.05) is 20.0 Å². The van der Waals surface area contributed by atoms with Gasteiger partial charge in [-0.3, -0.25) is 0 Å². The maximum Gasteiger partial charge on any atom is 0.165 e. The Kier molecular flexibility index (Phi) is 5.16. The Morgan fingerprint density at radius 2 is 2.32 bits per heavy atom. The highest BCUT2D eigenvalue weighted by Crippen LogP contribution is 2.26. The zero-order chi connectivity index (χ0) is 13.7. The van der Waals surface area contributed by atoms with E-state index < -0.39 is 0 Å². The molecule has 0 bridgehead atoms. The summed E-state index contributed by atoms with van der Waals surface area (Å²) >= 11 is 0. The van der Waals surface area contributed by atoms with E-state index in [2.05, 4.69) is 10.6 Å². The van der Waals surface area contributed by atoms with Crippen LogP contribution < -0.4 is 15.4 Å². The van der Waals surface area contributed by atoms with E-state index in [9.17, 15) is 4.39 Å². The molecule has 0 aromatic heterocycles. The molecule has 0 saturated carbocycles. The molecule has 106 valence electrons. The van der Waals surface area contributed by atoms with Crippen molar-refractivity contribution in [3.05, 3.63) is 29.6 Å². The lowest BCUT2D eigenvalue weighted by Crippen LogP contribution is -2.43. The van der Waals surface area contributed by atoms with E-state index in [1.54, 1.807) is 12.1 Å². The number of benzene rings is 1. The minimum atomic E-state index is -0.282. The predicted octanol–water partition coefficient (Wildman–Crippen LogP) is 2.63. The molecule has 1 aliphatic rings. The summed E-state index contributed by atoms with van der Waals surface area (Å²) in [6, 6.07) is 5.77. The number of hydrogen-bond acceptors (Lipinski definition) is 3. The third-order valence-corrected chi connectivity index (χ3v) is 3.68. The van der Waals surface area contributed by atoms with E-state index in [-0.39, 0.29) is 11.9 Å². The maximum atomic E-state index is 13.9. The Labute approximate surface area is 114 Å².